The van der Waals surface area contributed by atoms with Crippen molar-refractivity contribution < 1.29 is 14.9 Å². The van der Waals surface area contributed by atoms with Crippen LogP contribution < -0.4 is 10.5 Å². The lowest BCUT2D eigenvalue weighted by molar-refractivity contribution is 0.0163. The number of aromatic nitrogens is 4. The lowest BCUT2D eigenvalue weighted by atomic mass is 10.1. The summed E-state index contributed by atoms with van der Waals surface area (Å²) in [5.41, 5.74) is 8.51. The summed E-state index contributed by atoms with van der Waals surface area (Å²) in [5.74, 6) is 1.88. The Morgan fingerprint density at radius 1 is 1.03 bits per heavy atom. The Kier molecular flexibility index (Phi) is 5.44. The minimum absolute atomic E-state index is 0.104. The van der Waals surface area contributed by atoms with E-state index in [2.05, 4.69) is 14.9 Å². The van der Waals surface area contributed by atoms with Crippen molar-refractivity contribution in [3.8, 4) is 22.8 Å². The lowest BCUT2D eigenvalue weighted by Crippen LogP contribution is -2.51. The number of nitrogen functional groups attached to an aromatic ring is 1. The molecule has 4 N–H and O–H groups in total. The van der Waals surface area contributed by atoms with Gasteiger partial charge in [0.15, 0.2) is 5.65 Å². The summed E-state index contributed by atoms with van der Waals surface area (Å²) in [6, 6.07) is 17.4. The van der Waals surface area contributed by atoms with Gasteiger partial charge in [-0.25, -0.2) is 14.6 Å². The molecule has 2 aromatic carbocycles. The quantitative estimate of drug-likeness (QED) is 0.406. The highest BCUT2D eigenvalue weighted by atomic mass is 16.5. The van der Waals surface area contributed by atoms with Gasteiger partial charge in [0, 0.05) is 25.2 Å². The third-order valence-corrected chi connectivity index (χ3v) is 5.59. The van der Waals surface area contributed by atoms with Crippen LogP contribution in [0.3, 0.4) is 0 Å². The van der Waals surface area contributed by atoms with Gasteiger partial charge < -0.3 is 20.7 Å². The van der Waals surface area contributed by atoms with Gasteiger partial charge in [0.05, 0.1) is 24.1 Å². The molecule has 0 amide bonds. The Morgan fingerprint density at radius 2 is 1.75 bits per heavy atom. The van der Waals surface area contributed by atoms with Crippen LogP contribution in [0.2, 0.25) is 0 Å². The van der Waals surface area contributed by atoms with Gasteiger partial charge in [0.2, 0.25) is 0 Å². The van der Waals surface area contributed by atoms with Crippen molar-refractivity contribution in [2.75, 3.05) is 32.0 Å². The van der Waals surface area contributed by atoms with Gasteiger partial charge in [-0.15, -0.1) is 0 Å². The third-order valence-electron chi connectivity index (χ3n) is 5.59. The normalized spacial score (nSPS) is 15.6. The van der Waals surface area contributed by atoms with Gasteiger partial charge in [-0.2, -0.15) is 5.10 Å². The molecule has 0 spiro atoms. The largest absolute Gasteiger partial charge is 0.457 e. The number of nitrogens with two attached hydrogens (primary N) is 1. The van der Waals surface area contributed by atoms with Crippen LogP contribution in [0.4, 0.5) is 5.82 Å². The van der Waals surface area contributed by atoms with Crippen LogP contribution in [-0.2, 0) is 0 Å². The van der Waals surface area contributed by atoms with Crippen LogP contribution in [0.1, 0.15) is 6.04 Å². The number of hydrogen-bond donors (Lipinski definition) is 3. The minimum atomic E-state index is -0.740. The molecule has 0 radical (unpaired) electrons. The molecular formula is C23H24N6O3. The Hall–Kier alpha value is -3.53. The summed E-state index contributed by atoms with van der Waals surface area (Å²) in [7, 11) is 0. The smallest absolute Gasteiger partial charge is 0.164 e. The molecule has 0 saturated carbocycles. The summed E-state index contributed by atoms with van der Waals surface area (Å²) < 4.78 is 7.77. The van der Waals surface area contributed by atoms with E-state index in [0.29, 0.717) is 31.1 Å². The van der Waals surface area contributed by atoms with E-state index in [1.807, 2.05) is 59.3 Å². The number of anilines is 1. The molecule has 3 heterocycles. The van der Waals surface area contributed by atoms with Crippen molar-refractivity contribution in [3.05, 3.63) is 60.9 Å². The second-order valence-corrected chi connectivity index (χ2v) is 7.90. The monoisotopic (exact) mass is 432 g/mol. The maximum Gasteiger partial charge on any atom is 0.164 e. The van der Waals surface area contributed by atoms with Crippen molar-refractivity contribution in [1.82, 2.24) is 24.6 Å². The predicted molar refractivity (Wildman–Crippen MR) is 120 cm³/mol. The molecule has 5 rings (SSSR count). The van der Waals surface area contributed by atoms with Gasteiger partial charge in [-0.1, -0.05) is 18.2 Å². The molecule has 1 saturated heterocycles. The Bertz CT molecular complexity index is 1210. The van der Waals surface area contributed by atoms with E-state index in [0.717, 1.165) is 28.1 Å². The molecule has 32 heavy (non-hydrogen) atoms. The zero-order valence-electron chi connectivity index (χ0n) is 17.4. The predicted octanol–water partition coefficient (Wildman–Crippen LogP) is 2.08. The van der Waals surface area contributed by atoms with Crippen LogP contribution in [0.25, 0.3) is 22.3 Å². The maximum absolute atomic E-state index is 9.67. The number of likely N-dealkylation sites (tertiary alicyclic amines) is 1. The summed E-state index contributed by atoms with van der Waals surface area (Å²) >= 11 is 0. The zero-order chi connectivity index (χ0) is 22.1. The van der Waals surface area contributed by atoms with E-state index in [4.69, 9.17) is 20.7 Å². The fourth-order valence-electron chi connectivity index (χ4n) is 3.96. The molecule has 0 unspecified atom stereocenters. The number of ether oxygens (including phenoxy) is 1. The van der Waals surface area contributed by atoms with Gasteiger partial charge in [-0.3, -0.25) is 4.90 Å². The first-order valence-electron chi connectivity index (χ1n) is 10.5. The molecule has 1 fully saturated rings. The van der Waals surface area contributed by atoms with Gasteiger partial charge in [0.25, 0.3) is 0 Å². The molecule has 4 aromatic rings. The van der Waals surface area contributed by atoms with Crippen LogP contribution in [0.15, 0.2) is 60.9 Å². The average Bonchev–Trinajstić information content (AvgIpc) is 3.17. The van der Waals surface area contributed by atoms with E-state index in [9.17, 15) is 5.11 Å². The van der Waals surface area contributed by atoms with E-state index in [-0.39, 0.29) is 12.6 Å². The standard InChI is InChI=1S/C23H24N6O3/c24-22-20-21(15-6-8-19(9-7-15)32-18-4-2-1-3-5-18)27-29(23(20)26-14-25-22)16-10-28(11-16)12-17(31)13-30/h1-9,14,16-17,30-31H,10-13H2,(H2,24,25,26)/t17-/m1/s1. The molecule has 1 aliphatic heterocycles. The van der Waals surface area contributed by atoms with Crippen LogP contribution in [0.5, 0.6) is 11.5 Å². The number of rotatable bonds is 7. The maximum atomic E-state index is 9.67. The third kappa shape index (κ3) is 3.89. The van der Waals surface area contributed by atoms with Crippen molar-refractivity contribution in [3.63, 3.8) is 0 Å². The highest BCUT2D eigenvalue weighted by Crippen LogP contribution is 2.34. The second kappa shape index (κ2) is 8.54. The van der Waals surface area contributed by atoms with Gasteiger partial charge >= 0.3 is 0 Å². The number of aliphatic hydroxyl groups is 2. The van der Waals surface area contributed by atoms with Crippen LogP contribution in [-0.4, -0.2) is 67.2 Å². The highest BCUT2D eigenvalue weighted by molar-refractivity contribution is 5.98. The number of hydrogen-bond acceptors (Lipinski definition) is 8. The number of benzene rings is 2. The molecule has 164 valence electrons. The molecule has 9 nitrogen and oxygen atoms in total. The fraction of sp³-hybridized carbons (Fsp3) is 0.261. The Balaban J connectivity index is 1.42. The molecule has 1 aliphatic rings. The van der Waals surface area contributed by atoms with E-state index >= 15 is 0 Å². The molecule has 9 heteroatoms. The molecular weight excluding hydrogens is 408 g/mol. The minimum Gasteiger partial charge on any atom is -0.457 e. The number of β-amino-alcohol motifs (C(OH)–C–C–N with tert-alkyl or cyclic N) is 1. The first-order valence-corrected chi connectivity index (χ1v) is 10.5. The van der Waals surface area contributed by atoms with Crippen LogP contribution in [0, 0.1) is 0 Å². The number of nitrogens with zero attached hydrogens (tertiary/aromatic N) is 5. The lowest BCUT2D eigenvalue weighted by Gasteiger charge is -2.40. The first kappa shape index (κ1) is 20.4. The number of aliphatic hydroxyl groups excluding tert-OH is 2. The first-order chi connectivity index (χ1) is 15.6. The summed E-state index contributed by atoms with van der Waals surface area (Å²) in [6.45, 7) is 1.60. The Labute approximate surface area is 184 Å². The highest BCUT2D eigenvalue weighted by Gasteiger charge is 2.32. The van der Waals surface area contributed by atoms with Crippen molar-refractivity contribution in [2.24, 2.45) is 0 Å². The SMILES string of the molecule is Nc1ncnc2c1c(-c1ccc(Oc3ccccc3)cc1)nn2C1CN(C[C@@H](O)CO)C1. The van der Waals surface area contributed by atoms with Crippen molar-refractivity contribution >= 4 is 16.9 Å². The van der Waals surface area contributed by atoms with Crippen LogP contribution >= 0.6 is 0 Å². The summed E-state index contributed by atoms with van der Waals surface area (Å²) in [4.78, 5) is 10.7. The summed E-state index contributed by atoms with van der Waals surface area (Å²) in [6.07, 6.45) is 0.706. The van der Waals surface area contributed by atoms with E-state index in [1.54, 1.807) is 0 Å². The van der Waals surface area contributed by atoms with E-state index < -0.39 is 6.10 Å². The fourth-order valence-corrected chi connectivity index (χ4v) is 3.96. The average molecular weight is 432 g/mol. The summed E-state index contributed by atoms with van der Waals surface area (Å²) in [5, 5.41) is 24.3. The van der Waals surface area contributed by atoms with E-state index in [1.165, 1.54) is 6.33 Å². The molecule has 1 atom stereocenters. The van der Waals surface area contributed by atoms with Crippen molar-refractivity contribution in [2.45, 2.75) is 12.1 Å². The van der Waals surface area contributed by atoms with Crippen molar-refractivity contribution in [1.29, 1.82) is 0 Å². The topological polar surface area (TPSA) is 123 Å². The number of para-hydroxylation sites is 1. The van der Waals surface area contributed by atoms with Gasteiger partial charge in [0.1, 0.15) is 29.3 Å². The molecule has 2 aromatic heterocycles. The Morgan fingerprint density at radius 3 is 2.47 bits per heavy atom. The second-order valence-electron chi connectivity index (χ2n) is 7.90. The molecule has 0 aliphatic carbocycles. The number of fused-ring (bicyclic) bond motifs is 1. The zero-order valence-corrected chi connectivity index (χ0v) is 17.4. The van der Waals surface area contributed by atoms with Gasteiger partial charge in [-0.05, 0) is 36.4 Å². The molecule has 0 bridgehead atoms.